The molecule has 24 heteroatoms. The van der Waals surface area contributed by atoms with Crippen molar-refractivity contribution in [1.82, 2.24) is 39.0 Å². The molecule has 6 N–H and O–H groups in total. The average Bonchev–Trinajstić information content (AvgIpc) is 3.94. The predicted octanol–water partition coefficient (Wildman–Crippen LogP) is 0.788. The number of nitrogens with zero attached hydrogens (tertiary/aromatic N) is 8. The summed E-state index contributed by atoms with van der Waals surface area (Å²) in [4.78, 5) is 49.8. The van der Waals surface area contributed by atoms with E-state index in [-0.39, 0.29) is 56.1 Å². The van der Waals surface area contributed by atoms with E-state index >= 15 is 0 Å². The van der Waals surface area contributed by atoms with Crippen LogP contribution in [0.5, 0.6) is 0 Å². The van der Waals surface area contributed by atoms with Crippen LogP contribution in [0, 0.1) is 0 Å². The summed E-state index contributed by atoms with van der Waals surface area (Å²) in [7, 11) is 1.06. The zero-order valence-corrected chi connectivity index (χ0v) is 30.9. The van der Waals surface area contributed by atoms with Crippen molar-refractivity contribution in [1.29, 1.82) is 0 Å². The number of carbonyl (C=O) groups excluding carboxylic acids is 2. The maximum absolute atomic E-state index is 13.4. The Labute approximate surface area is 319 Å². The molecule has 11 atom stereocenters. The fourth-order valence-corrected chi connectivity index (χ4v) is 7.12. The molecular formula is C32H41N10O13P. The second-order valence-electron chi connectivity index (χ2n) is 12.9. The van der Waals surface area contributed by atoms with Gasteiger partial charge in [-0.1, -0.05) is 12.5 Å². The van der Waals surface area contributed by atoms with Gasteiger partial charge in [0.25, 0.3) is 12.9 Å². The summed E-state index contributed by atoms with van der Waals surface area (Å²) in [5.41, 5.74) is 13.0. The molecule has 2 saturated heterocycles. The molecule has 0 radical (unpaired) electrons. The Hall–Kier alpha value is -4.71. The SMILES string of the molecule is COPOC[C@H]1O[C@@H](n2cnc3c(N)ncnc32)[C@H](OC(=O)OC2/C=C/CCCCC2)[C@@H]1OC(O)OC[C@H]1O[C@@H](n2cnc3c(N)ncnc32)[C@H](OC=O)[C@@H]1O. The number of allylic oxidation sites excluding steroid dienone is 1. The molecule has 56 heavy (non-hydrogen) atoms. The smallest absolute Gasteiger partial charge is 0.457 e. The van der Waals surface area contributed by atoms with Crippen LogP contribution in [-0.2, 0) is 47.0 Å². The highest BCUT2D eigenvalue weighted by molar-refractivity contribution is 7.26. The minimum Gasteiger partial charge on any atom is -0.457 e. The van der Waals surface area contributed by atoms with E-state index in [1.807, 2.05) is 12.2 Å². The van der Waals surface area contributed by atoms with Crippen LogP contribution in [0.3, 0.4) is 0 Å². The number of hydrogen-bond acceptors (Lipinski definition) is 21. The summed E-state index contributed by atoms with van der Waals surface area (Å²) in [5, 5.41) is 22.3. The number of ether oxygens (including phenoxy) is 7. The largest absolute Gasteiger partial charge is 0.509 e. The average molecular weight is 805 g/mol. The number of aliphatic hydroxyl groups excluding tert-OH is 2. The number of aromatic nitrogens is 8. The second kappa shape index (κ2) is 18.0. The summed E-state index contributed by atoms with van der Waals surface area (Å²) in [6.45, 7) is -2.48. The van der Waals surface area contributed by atoms with Crippen molar-refractivity contribution in [2.75, 3.05) is 31.8 Å². The summed E-state index contributed by atoms with van der Waals surface area (Å²) >= 11 is 0. The van der Waals surface area contributed by atoms with E-state index in [0.29, 0.717) is 6.42 Å². The van der Waals surface area contributed by atoms with Crippen LogP contribution in [0.15, 0.2) is 37.5 Å². The third kappa shape index (κ3) is 8.50. The van der Waals surface area contributed by atoms with Crippen molar-refractivity contribution >= 4 is 55.6 Å². The highest BCUT2D eigenvalue weighted by atomic mass is 31.1. The molecule has 2 aliphatic heterocycles. The van der Waals surface area contributed by atoms with Gasteiger partial charge in [0.15, 0.2) is 56.6 Å². The van der Waals surface area contributed by atoms with Gasteiger partial charge in [0.1, 0.15) is 54.2 Å². The minimum absolute atomic E-state index is 0.107. The van der Waals surface area contributed by atoms with E-state index in [4.69, 9.17) is 53.7 Å². The molecule has 6 heterocycles. The van der Waals surface area contributed by atoms with E-state index < -0.39 is 74.4 Å². The van der Waals surface area contributed by atoms with Crippen molar-refractivity contribution in [3.8, 4) is 0 Å². The van der Waals surface area contributed by atoms with E-state index in [1.165, 1.54) is 41.6 Å². The molecule has 23 nitrogen and oxygen atoms in total. The Kier molecular flexibility index (Phi) is 12.7. The first kappa shape index (κ1) is 39.5. The highest BCUT2D eigenvalue weighted by Crippen LogP contribution is 2.38. The number of nitrogens with two attached hydrogens (primary N) is 2. The van der Waals surface area contributed by atoms with E-state index in [2.05, 4.69) is 29.9 Å². The molecule has 7 rings (SSSR count). The lowest BCUT2D eigenvalue weighted by molar-refractivity contribution is -0.302. The van der Waals surface area contributed by atoms with Crippen molar-refractivity contribution in [3.63, 3.8) is 0 Å². The van der Waals surface area contributed by atoms with Crippen LogP contribution < -0.4 is 11.5 Å². The first-order valence-electron chi connectivity index (χ1n) is 17.6. The van der Waals surface area contributed by atoms with Gasteiger partial charge in [-0.2, -0.15) is 0 Å². The Bertz CT molecular complexity index is 1990. The van der Waals surface area contributed by atoms with Crippen LogP contribution >= 0.6 is 9.03 Å². The van der Waals surface area contributed by atoms with Crippen LogP contribution in [0.1, 0.15) is 44.6 Å². The summed E-state index contributed by atoms with van der Waals surface area (Å²) in [5.74, 6) is 0.214. The number of rotatable bonds is 15. The molecule has 302 valence electrons. The van der Waals surface area contributed by atoms with Gasteiger partial charge in [-0.3, -0.25) is 13.9 Å². The minimum atomic E-state index is -2.02. The predicted molar refractivity (Wildman–Crippen MR) is 190 cm³/mol. The van der Waals surface area contributed by atoms with Gasteiger partial charge in [0.2, 0.25) is 0 Å². The normalized spacial score (nSPS) is 29.4. The third-order valence-corrected chi connectivity index (χ3v) is 9.84. The van der Waals surface area contributed by atoms with E-state index in [9.17, 15) is 19.8 Å². The molecule has 3 aliphatic rings. The molecule has 4 aromatic rings. The summed E-state index contributed by atoms with van der Waals surface area (Å²) < 4.78 is 54.4. The van der Waals surface area contributed by atoms with Gasteiger partial charge in [0.05, 0.1) is 25.9 Å². The standard InChI is InChI=1S/C32H41N10O13P/c1-47-56-50-10-18-22(54-31(45)48-9-17-21(44)23(49-15-43)29(52-17)41-13-39-19-25(33)35-11-37-27(19)41)24(55-32(46)51-16-7-5-3-2-4-6-8-16)30(53-18)42-14-40-20-26(34)36-12-38-28(20)42/h5,7,11-18,21-24,29-31,44-45,56H,2-4,6,8-10H2,1H3,(H2,33,35,37)(H2,34,36,38)/b7-5+/t16?,17-,18-,21-,22-,23-,24-,29-,30-,31?/m1/s1. The van der Waals surface area contributed by atoms with Gasteiger partial charge in [-0.05, 0) is 31.8 Å². The number of carbonyl (C=O) groups is 2. The number of anilines is 2. The van der Waals surface area contributed by atoms with Gasteiger partial charge >= 0.3 is 6.16 Å². The zero-order valence-electron chi connectivity index (χ0n) is 29.9. The lowest BCUT2D eigenvalue weighted by atomic mass is 10.0. The Balaban J connectivity index is 1.11. The van der Waals surface area contributed by atoms with Crippen molar-refractivity contribution in [2.45, 2.75) is 93.8 Å². The fraction of sp³-hybridized carbons (Fsp3) is 0.562. The maximum atomic E-state index is 13.4. The Morgan fingerprint density at radius 1 is 0.929 bits per heavy atom. The molecule has 0 saturated carbocycles. The molecule has 2 fully saturated rings. The van der Waals surface area contributed by atoms with E-state index in [1.54, 1.807) is 0 Å². The Morgan fingerprint density at radius 3 is 2.29 bits per heavy atom. The number of fused-ring (bicyclic) bond motifs is 2. The quantitative estimate of drug-likeness (QED) is 0.0322. The van der Waals surface area contributed by atoms with Crippen molar-refractivity contribution < 1.29 is 62.0 Å². The molecule has 4 aromatic heterocycles. The third-order valence-electron chi connectivity index (χ3n) is 9.39. The lowest BCUT2D eigenvalue weighted by Crippen LogP contribution is -2.43. The van der Waals surface area contributed by atoms with Gasteiger partial charge in [0, 0.05) is 7.11 Å². The molecule has 0 amide bonds. The Morgan fingerprint density at radius 2 is 1.61 bits per heavy atom. The zero-order chi connectivity index (χ0) is 39.2. The van der Waals surface area contributed by atoms with Crippen LogP contribution in [0.4, 0.5) is 16.4 Å². The fourth-order valence-electron chi connectivity index (χ4n) is 6.77. The number of nitrogen functional groups attached to an aromatic ring is 2. The monoisotopic (exact) mass is 804 g/mol. The molecule has 0 aromatic carbocycles. The maximum Gasteiger partial charge on any atom is 0.509 e. The van der Waals surface area contributed by atoms with Crippen molar-refractivity contribution in [2.24, 2.45) is 0 Å². The molecular weight excluding hydrogens is 763 g/mol. The van der Waals surface area contributed by atoms with Gasteiger partial charge in [-0.25, -0.2) is 34.7 Å². The number of aliphatic hydroxyl groups is 2. The second-order valence-corrected chi connectivity index (χ2v) is 13.7. The topological polar surface area (TPSA) is 297 Å². The molecule has 1 aliphatic carbocycles. The summed E-state index contributed by atoms with van der Waals surface area (Å²) in [6, 6.07) is 0. The number of hydrogen-bond donors (Lipinski definition) is 4. The van der Waals surface area contributed by atoms with Crippen LogP contribution in [-0.4, -0.2) is 131 Å². The number of imidazole rings is 2. The lowest BCUT2D eigenvalue weighted by Gasteiger charge is -2.27. The molecule has 0 bridgehead atoms. The molecule has 3 unspecified atom stereocenters. The van der Waals surface area contributed by atoms with Gasteiger partial charge in [-0.15, -0.1) is 0 Å². The van der Waals surface area contributed by atoms with Gasteiger partial charge < -0.3 is 63.9 Å². The van der Waals surface area contributed by atoms with E-state index in [0.717, 1.165) is 25.7 Å². The first-order valence-corrected chi connectivity index (χ1v) is 18.4. The summed E-state index contributed by atoms with van der Waals surface area (Å²) in [6.07, 6.45) is 2.09. The highest BCUT2D eigenvalue weighted by Gasteiger charge is 2.52. The molecule has 0 spiro atoms. The van der Waals surface area contributed by atoms with Crippen LogP contribution in [0.25, 0.3) is 22.3 Å². The van der Waals surface area contributed by atoms with Crippen molar-refractivity contribution in [3.05, 3.63) is 37.5 Å². The first-order chi connectivity index (χ1) is 27.3. The van der Waals surface area contributed by atoms with Crippen LogP contribution in [0.2, 0.25) is 0 Å².